The molecule has 3 nitrogen and oxygen atoms in total. The highest BCUT2D eigenvalue weighted by molar-refractivity contribution is 5.54. The first kappa shape index (κ1) is 10.2. The molecule has 82 valence electrons. The van der Waals surface area contributed by atoms with Crippen molar-refractivity contribution in [3.05, 3.63) is 24.0 Å². The number of hydrogen-bond donors (Lipinski definition) is 2. The van der Waals surface area contributed by atoms with E-state index in [-0.39, 0.29) is 5.82 Å². The number of hydrogen-bond acceptors (Lipinski definition) is 3. The zero-order valence-corrected chi connectivity index (χ0v) is 8.83. The fraction of sp³-hybridized carbons (Fsp3) is 0.455. The van der Waals surface area contributed by atoms with Crippen LogP contribution in [0.25, 0.3) is 0 Å². The predicted molar refractivity (Wildman–Crippen MR) is 60.5 cm³/mol. The van der Waals surface area contributed by atoms with Crippen LogP contribution in [0, 0.1) is 5.82 Å². The van der Waals surface area contributed by atoms with Crippen LogP contribution in [0.1, 0.15) is 6.92 Å². The molecule has 1 unspecified atom stereocenters. The van der Waals surface area contributed by atoms with Crippen LogP contribution < -0.4 is 16.0 Å². The highest BCUT2D eigenvalue weighted by Crippen LogP contribution is 2.22. The summed E-state index contributed by atoms with van der Waals surface area (Å²) in [6.45, 7) is 4.67. The molecule has 4 heteroatoms. The zero-order valence-electron chi connectivity index (χ0n) is 8.83. The van der Waals surface area contributed by atoms with Crippen LogP contribution in [-0.2, 0) is 0 Å². The van der Waals surface area contributed by atoms with Gasteiger partial charge in [-0.2, -0.15) is 0 Å². The summed E-state index contributed by atoms with van der Waals surface area (Å²) in [5.41, 5.74) is 6.64. The lowest BCUT2D eigenvalue weighted by molar-refractivity contribution is 0.478. The van der Waals surface area contributed by atoms with E-state index >= 15 is 0 Å². The first-order chi connectivity index (χ1) is 7.16. The molecule has 0 spiro atoms. The largest absolute Gasteiger partial charge is 0.399 e. The molecule has 1 fully saturated rings. The monoisotopic (exact) mass is 209 g/mol. The number of rotatable bonds is 1. The molecule has 1 aromatic rings. The zero-order chi connectivity index (χ0) is 10.8. The number of nitrogens with two attached hydrogens (primary N) is 1. The lowest BCUT2D eigenvalue weighted by Gasteiger charge is -2.33. The van der Waals surface area contributed by atoms with Gasteiger partial charge in [-0.05, 0) is 25.1 Å². The van der Waals surface area contributed by atoms with Crippen LogP contribution in [0.4, 0.5) is 15.8 Å². The lowest BCUT2D eigenvalue weighted by atomic mass is 10.2. The second-order valence-electron chi connectivity index (χ2n) is 4.01. The third kappa shape index (κ3) is 2.21. The lowest BCUT2D eigenvalue weighted by Crippen LogP contribution is -2.49. The van der Waals surface area contributed by atoms with Gasteiger partial charge >= 0.3 is 0 Å². The molecule has 1 saturated heterocycles. The van der Waals surface area contributed by atoms with Crippen molar-refractivity contribution in [1.29, 1.82) is 0 Å². The van der Waals surface area contributed by atoms with Gasteiger partial charge < -0.3 is 16.0 Å². The van der Waals surface area contributed by atoms with Crippen LogP contribution in [0.15, 0.2) is 18.2 Å². The average Bonchev–Trinajstić information content (AvgIpc) is 2.17. The Morgan fingerprint density at radius 3 is 3.00 bits per heavy atom. The molecule has 2 rings (SSSR count). The van der Waals surface area contributed by atoms with Crippen molar-refractivity contribution in [1.82, 2.24) is 5.32 Å². The van der Waals surface area contributed by atoms with Crippen LogP contribution in [0.3, 0.4) is 0 Å². The van der Waals surface area contributed by atoms with Gasteiger partial charge in [-0.3, -0.25) is 0 Å². The summed E-state index contributed by atoms with van der Waals surface area (Å²) in [7, 11) is 0. The van der Waals surface area contributed by atoms with E-state index in [1.54, 1.807) is 12.1 Å². The summed E-state index contributed by atoms with van der Waals surface area (Å²) >= 11 is 0. The van der Waals surface area contributed by atoms with Crippen molar-refractivity contribution in [3.63, 3.8) is 0 Å². The van der Waals surface area contributed by atoms with E-state index in [1.165, 1.54) is 6.07 Å². The van der Waals surface area contributed by atoms with Gasteiger partial charge in [0.1, 0.15) is 5.82 Å². The van der Waals surface area contributed by atoms with E-state index in [9.17, 15) is 4.39 Å². The second-order valence-corrected chi connectivity index (χ2v) is 4.01. The summed E-state index contributed by atoms with van der Waals surface area (Å²) in [5.74, 6) is -0.232. The maximum atomic E-state index is 13.6. The Kier molecular flexibility index (Phi) is 2.77. The number of piperazine rings is 1. The van der Waals surface area contributed by atoms with Crippen LogP contribution in [0.5, 0.6) is 0 Å². The van der Waals surface area contributed by atoms with Gasteiger partial charge in [0.2, 0.25) is 0 Å². The minimum Gasteiger partial charge on any atom is -0.399 e. The number of halogens is 1. The quantitative estimate of drug-likeness (QED) is 0.683. The Bertz CT molecular complexity index is 354. The molecule has 1 aliphatic heterocycles. The minimum absolute atomic E-state index is 0.232. The van der Waals surface area contributed by atoms with Crippen molar-refractivity contribution in [2.45, 2.75) is 13.0 Å². The molecular weight excluding hydrogens is 193 g/mol. The van der Waals surface area contributed by atoms with Gasteiger partial charge in [-0.1, -0.05) is 0 Å². The van der Waals surface area contributed by atoms with Crippen molar-refractivity contribution >= 4 is 11.4 Å². The van der Waals surface area contributed by atoms with Crippen molar-refractivity contribution < 1.29 is 4.39 Å². The van der Waals surface area contributed by atoms with E-state index in [0.29, 0.717) is 17.4 Å². The first-order valence-corrected chi connectivity index (χ1v) is 5.20. The number of anilines is 2. The fourth-order valence-electron chi connectivity index (χ4n) is 1.93. The number of nitrogens with zero attached hydrogens (tertiary/aromatic N) is 1. The molecule has 0 amide bonds. The summed E-state index contributed by atoms with van der Waals surface area (Å²) in [5, 5.41) is 3.32. The van der Waals surface area contributed by atoms with E-state index in [1.807, 2.05) is 0 Å². The molecule has 1 aromatic carbocycles. The molecule has 1 heterocycles. The average molecular weight is 209 g/mol. The Morgan fingerprint density at radius 1 is 1.53 bits per heavy atom. The molecule has 1 atom stereocenters. The first-order valence-electron chi connectivity index (χ1n) is 5.20. The molecule has 15 heavy (non-hydrogen) atoms. The maximum absolute atomic E-state index is 13.6. The molecule has 0 bridgehead atoms. The predicted octanol–water partition coefficient (Wildman–Crippen LogP) is 1.21. The van der Waals surface area contributed by atoms with Gasteiger partial charge in [0, 0.05) is 31.4 Å². The van der Waals surface area contributed by atoms with E-state index < -0.39 is 0 Å². The maximum Gasteiger partial charge on any atom is 0.148 e. The molecule has 0 radical (unpaired) electrons. The van der Waals surface area contributed by atoms with Gasteiger partial charge in [0.15, 0.2) is 0 Å². The highest BCUT2D eigenvalue weighted by Gasteiger charge is 2.18. The standard InChI is InChI=1S/C11H16FN3/c1-8-7-15(5-4-14-8)11-3-2-9(13)6-10(11)12/h2-3,6,8,14H,4-5,7,13H2,1H3. The topological polar surface area (TPSA) is 41.3 Å². The summed E-state index contributed by atoms with van der Waals surface area (Å²) in [6.07, 6.45) is 0. The van der Waals surface area contributed by atoms with Gasteiger partial charge in [-0.15, -0.1) is 0 Å². The second kappa shape index (κ2) is 4.06. The molecule has 0 saturated carbocycles. The van der Waals surface area contributed by atoms with Gasteiger partial charge in [-0.25, -0.2) is 4.39 Å². The molecule has 0 aromatic heterocycles. The molecule has 3 N–H and O–H groups in total. The van der Waals surface area contributed by atoms with Crippen LogP contribution in [-0.4, -0.2) is 25.7 Å². The highest BCUT2D eigenvalue weighted by atomic mass is 19.1. The van der Waals surface area contributed by atoms with Crippen molar-refractivity contribution in [2.24, 2.45) is 0 Å². The Balaban J connectivity index is 2.21. The number of benzene rings is 1. The van der Waals surface area contributed by atoms with Crippen LogP contribution in [0.2, 0.25) is 0 Å². The molecule has 1 aliphatic rings. The van der Waals surface area contributed by atoms with Gasteiger partial charge in [0.25, 0.3) is 0 Å². The summed E-state index contributed by atoms with van der Waals surface area (Å²) in [4.78, 5) is 2.05. The normalized spacial score (nSPS) is 21.7. The van der Waals surface area contributed by atoms with E-state index in [4.69, 9.17) is 5.73 Å². The van der Waals surface area contributed by atoms with Crippen molar-refractivity contribution in [3.8, 4) is 0 Å². The minimum atomic E-state index is -0.232. The smallest absolute Gasteiger partial charge is 0.148 e. The Morgan fingerprint density at radius 2 is 2.33 bits per heavy atom. The van der Waals surface area contributed by atoms with E-state index in [2.05, 4.69) is 17.1 Å². The Labute approximate surface area is 89.1 Å². The summed E-state index contributed by atoms with van der Waals surface area (Å²) in [6, 6.07) is 5.27. The molecule has 0 aliphatic carbocycles. The van der Waals surface area contributed by atoms with Gasteiger partial charge in [0.05, 0.1) is 5.69 Å². The third-order valence-corrected chi connectivity index (χ3v) is 2.68. The molecular formula is C11H16FN3. The van der Waals surface area contributed by atoms with Crippen molar-refractivity contribution in [2.75, 3.05) is 30.3 Å². The SMILES string of the molecule is CC1CN(c2ccc(N)cc2F)CCN1. The number of nitrogen functional groups attached to an aromatic ring is 1. The van der Waals surface area contributed by atoms with Crippen LogP contribution >= 0.6 is 0 Å². The summed E-state index contributed by atoms with van der Waals surface area (Å²) < 4.78 is 13.6. The fourth-order valence-corrected chi connectivity index (χ4v) is 1.93. The third-order valence-electron chi connectivity index (χ3n) is 2.68. The number of nitrogens with one attached hydrogen (secondary N) is 1. The van der Waals surface area contributed by atoms with E-state index in [0.717, 1.165) is 19.6 Å². The Hall–Kier alpha value is -1.29.